The first kappa shape index (κ1) is 22.1. The molecule has 0 saturated carbocycles. The number of piperazine rings is 1. The van der Waals surface area contributed by atoms with Crippen molar-refractivity contribution in [2.45, 2.75) is 33.2 Å². The van der Waals surface area contributed by atoms with Gasteiger partial charge in [0.1, 0.15) is 17.5 Å². The molecule has 0 aliphatic carbocycles. The fraction of sp³-hybridized carbons (Fsp3) is 0.458. The Morgan fingerprint density at radius 1 is 1.28 bits per heavy atom. The molecule has 8 heteroatoms. The second-order valence-electron chi connectivity index (χ2n) is 8.67. The predicted octanol–water partition coefficient (Wildman–Crippen LogP) is 2.47. The van der Waals surface area contributed by atoms with Crippen LogP contribution >= 0.6 is 0 Å². The summed E-state index contributed by atoms with van der Waals surface area (Å²) in [7, 11) is 1.61. The second kappa shape index (κ2) is 9.16. The number of nitrogens with one attached hydrogen (secondary N) is 1. The summed E-state index contributed by atoms with van der Waals surface area (Å²) in [5.41, 5.74) is 2.78. The number of amides is 1. The zero-order valence-electron chi connectivity index (χ0n) is 19.2. The Bertz CT molecular complexity index is 1180. The highest BCUT2D eigenvalue weighted by Crippen LogP contribution is 2.22. The number of carbonyl (C=O) groups excluding carboxylic acids is 1. The third kappa shape index (κ3) is 4.41. The van der Waals surface area contributed by atoms with E-state index in [0.29, 0.717) is 18.3 Å². The molecule has 1 aliphatic heterocycles. The highest BCUT2D eigenvalue weighted by molar-refractivity contribution is 6.06. The SMILES string of the molecule is Cc1cccc(N2CCN(CCCNC(=O)c3c(C)oc4ncn(C)c(=O)c34)C[C@H]2C)c1. The van der Waals surface area contributed by atoms with Crippen LogP contribution in [-0.4, -0.2) is 59.1 Å². The third-order valence-corrected chi connectivity index (χ3v) is 6.16. The van der Waals surface area contributed by atoms with Gasteiger partial charge in [0.25, 0.3) is 11.5 Å². The largest absolute Gasteiger partial charge is 0.442 e. The van der Waals surface area contributed by atoms with Crippen molar-refractivity contribution in [2.24, 2.45) is 7.05 Å². The first-order valence-corrected chi connectivity index (χ1v) is 11.1. The number of aromatic nitrogens is 2. The molecule has 0 unspecified atom stereocenters. The van der Waals surface area contributed by atoms with Gasteiger partial charge in [0, 0.05) is 45.0 Å². The van der Waals surface area contributed by atoms with Crippen molar-refractivity contribution in [1.29, 1.82) is 0 Å². The second-order valence-corrected chi connectivity index (χ2v) is 8.67. The van der Waals surface area contributed by atoms with Crippen molar-refractivity contribution in [2.75, 3.05) is 37.6 Å². The summed E-state index contributed by atoms with van der Waals surface area (Å²) in [5.74, 6) is 0.124. The molecule has 1 saturated heterocycles. The van der Waals surface area contributed by atoms with Gasteiger partial charge < -0.3 is 19.2 Å². The maximum Gasteiger partial charge on any atom is 0.265 e. The van der Waals surface area contributed by atoms with Crippen molar-refractivity contribution in [3.8, 4) is 0 Å². The minimum absolute atomic E-state index is 0.205. The molecule has 1 atom stereocenters. The molecule has 0 bridgehead atoms. The summed E-state index contributed by atoms with van der Waals surface area (Å²) in [4.78, 5) is 34.2. The van der Waals surface area contributed by atoms with Crippen LogP contribution in [0.3, 0.4) is 0 Å². The topological polar surface area (TPSA) is 83.6 Å². The predicted molar refractivity (Wildman–Crippen MR) is 125 cm³/mol. The summed E-state index contributed by atoms with van der Waals surface area (Å²) in [6, 6.07) is 9.10. The van der Waals surface area contributed by atoms with Gasteiger partial charge in [-0.25, -0.2) is 4.98 Å². The average molecular weight is 438 g/mol. The Balaban J connectivity index is 1.30. The minimum atomic E-state index is -0.288. The van der Waals surface area contributed by atoms with Gasteiger partial charge in [-0.05, 0) is 51.4 Å². The lowest BCUT2D eigenvalue weighted by Crippen LogP contribution is -2.52. The molecule has 3 heterocycles. The van der Waals surface area contributed by atoms with Crippen LogP contribution < -0.4 is 15.8 Å². The summed E-state index contributed by atoms with van der Waals surface area (Å²) in [6.07, 6.45) is 2.24. The molecule has 0 radical (unpaired) electrons. The maximum atomic E-state index is 12.8. The number of furan rings is 1. The molecule has 2 aromatic heterocycles. The zero-order chi connectivity index (χ0) is 22.8. The Labute approximate surface area is 187 Å². The van der Waals surface area contributed by atoms with Gasteiger partial charge >= 0.3 is 0 Å². The van der Waals surface area contributed by atoms with Crippen LogP contribution in [0.5, 0.6) is 0 Å². The fourth-order valence-electron chi connectivity index (χ4n) is 4.48. The fourth-order valence-corrected chi connectivity index (χ4v) is 4.48. The van der Waals surface area contributed by atoms with Crippen LogP contribution in [0.1, 0.15) is 35.0 Å². The molecule has 1 N–H and O–H groups in total. The summed E-state index contributed by atoms with van der Waals surface area (Å²) in [5, 5.41) is 3.19. The monoisotopic (exact) mass is 437 g/mol. The molecular weight excluding hydrogens is 406 g/mol. The Morgan fingerprint density at radius 3 is 2.84 bits per heavy atom. The van der Waals surface area contributed by atoms with Gasteiger partial charge in [-0.3, -0.25) is 14.5 Å². The van der Waals surface area contributed by atoms with E-state index in [1.54, 1.807) is 14.0 Å². The summed E-state index contributed by atoms with van der Waals surface area (Å²) < 4.78 is 6.88. The van der Waals surface area contributed by atoms with E-state index in [4.69, 9.17) is 4.42 Å². The van der Waals surface area contributed by atoms with Gasteiger partial charge in [-0.1, -0.05) is 12.1 Å². The van der Waals surface area contributed by atoms with E-state index < -0.39 is 0 Å². The number of anilines is 1. The van der Waals surface area contributed by atoms with Crippen molar-refractivity contribution < 1.29 is 9.21 Å². The van der Waals surface area contributed by atoms with E-state index in [2.05, 4.69) is 58.2 Å². The Kier molecular flexibility index (Phi) is 6.32. The molecule has 1 amide bonds. The molecule has 170 valence electrons. The van der Waals surface area contributed by atoms with Crippen LogP contribution in [0.15, 0.2) is 39.8 Å². The lowest BCUT2D eigenvalue weighted by atomic mass is 10.1. The number of rotatable bonds is 6. The normalized spacial score (nSPS) is 17.1. The number of aryl methyl sites for hydroxylation is 3. The first-order valence-electron chi connectivity index (χ1n) is 11.1. The number of fused-ring (bicyclic) bond motifs is 1. The highest BCUT2D eigenvalue weighted by atomic mass is 16.3. The van der Waals surface area contributed by atoms with Gasteiger partial charge in [0.15, 0.2) is 0 Å². The third-order valence-electron chi connectivity index (χ3n) is 6.16. The van der Waals surface area contributed by atoms with E-state index in [-0.39, 0.29) is 28.1 Å². The number of hydrogen-bond acceptors (Lipinski definition) is 6. The zero-order valence-corrected chi connectivity index (χ0v) is 19.2. The van der Waals surface area contributed by atoms with E-state index in [1.807, 2.05) is 0 Å². The Hall–Kier alpha value is -3.13. The molecule has 32 heavy (non-hydrogen) atoms. The van der Waals surface area contributed by atoms with Crippen molar-refractivity contribution in [1.82, 2.24) is 19.8 Å². The molecule has 0 spiro atoms. The van der Waals surface area contributed by atoms with Gasteiger partial charge in [-0.2, -0.15) is 0 Å². The minimum Gasteiger partial charge on any atom is -0.442 e. The number of nitrogens with zero attached hydrogens (tertiary/aromatic N) is 4. The maximum absolute atomic E-state index is 12.8. The lowest BCUT2D eigenvalue weighted by Gasteiger charge is -2.41. The number of hydrogen-bond donors (Lipinski definition) is 1. The highest BCUT2D eigenvalue weighted by Gasteiger charge is 2.24. The number of carbonyl (C=O) groups is 1. The van der Waals surface area contributed by atoms with Crippen molar-refractivity contribution >= 4 is 22.7 Å². The lowest BCUT2D eigenvalue weighted by molar-refractivity contribution is 0.0951. The van der Waals surface area contributed by atoms with Gasteiger partial charge in [-0.15, -0.1) is 0 Å². The molecule has 8 nitrogen and oxygen atoms in total. The summed E-state index contributed by atoms with van der Waals surface area (Å²) >= 11 is 0. The summed E-state index contributed by atoms with van der Waals surface area (Å²) in [6.45, 7) is 10.5. The van der Waals surface area contributed by atoms with E-state index in [9.17, 15) is 9.59 Å². The molecule has 4 rings (SSSR count). The Morgan fingerprint density at radius 2 is 2.09 bits per heavy atom. The number of benzene rings is 1. The van der Waals surface area contributed by atoms with E-state index in [1.165, 1.54) is 22.1 Å². The molecule has 1 fully saturated rings. The molecular formula is C24H31N5O3. The van der Waals surface area contributed by atoms with E-state index in [0.717, 1.165) is 32.6 Å². The van der Waals surface area contributed by atoms with Crippen LogP contribution in [-0.2, 0) is 7.05 Å². The van der Waals surface area contributed by atoms with E-state index >= 15 is 0 Å². The molecule has 3 aromatic rings. The average Bonchev–Trinajstić information content (AvgIpc) is 3.10. The van der Waals surface area contributed by atoms with Crippen LogP contribution in [0.4, 0.5) is 5.69 Å². The van der Waals surface area contributed by atoms with Gasteiger partial charge in [0.05, 0.1) is 5.56 Å². The first-order chi connectivity index (χ1) is 15.3. The van der Waals surface area contributed by atoms with Crippen molar-refractivity contribution in [3.05, 3.63) is 57.8 Å². The molecule has 1 aliphatic rings. The van der Waals surface area contributed by atoms with Crippen molar-refractivity contribution in [3.63, 3.8) is 0 Å². The standard InChI is InChI=1S/C24H31N5O3/c1-16-7-5-8-19(13-16)29-12-11-28(14-17(29)2)10-6-9-25-22(30)20-18(3)32-23-21(20)24(31)27(4)15-26-23/h5,7-8,13,15,17H,6,9-12,14H2,1-4H3,(H,25,30)/t17-/m1/s1. The smallest absolute Gasteiger partial charge is 0.265 e. The van der Waals surface area contributed by atoms with Crippen LogP contribution in [0.25, 0.3) is 11.1 Å². The van der Waals surface area contributed by atoms with Crippen LogP contribution in [0, 0.1) is 13.8 Å². The molecule has 1 aromatic carbocycles. The van der Waals surface area contributed by atoms with Crippen LogP contribution in [0.2, 0.25) is 0 Å². The van der Waals surface area contributed by atoms with Gasteiger partial charge in [0.2, 0.25) is 5.71 Å². The quantitative estimate of drug-likeness (QED) is 0.597.